The van der Waals surface area contributed by atoms with Crippen molar-refractivity contribution >= 4 is 17.3 Å². The molecular formula is C30H36N4O. The predicted octanol–water partition coefficient (Wildman–Crippen LogP) is 5.05. The Bertz CT molecular complexity index is 1120. The van der Waals surface area contributed by atoms with E-state index in [1.807, 2.05) is 37.0 Å². The molecule has 0 spiro atoms. The predicted molar refractivity (Wildman–Crippen MR) is 143 cm³/mol. The van der Waals surface area contributed by atoms with Crippen molar-refractivity contribution in [2.24, 2.45) is 10.9 Å². The van der Waals surface area contributed by atoms with Crippen LogP contribution in [-0.2, 0) is 11.3 Å². The van der Waals surface area contributed by atoms with Crippen molar-refractivity contribution in [3.8, 4) is 0 Å². The van der Waals surface area contributed by atoms with E-state index >= 15 is 0 Å². The first-order chi connectivity index (χ1) is 17.2. The number of nitrogens with one attached hydrogen (secondary N) is 1. The third-order valence-electron chi connectivity index (χ3n) is 7.58. The molecule has 2 aromatic carbocycles. The lowest BCUT2D eigenvalue weighted by Gasteiger charge is -2.39. The average Bonchev–Trinajstić information content (AvgIpc) is 2.90. The summed E-state index contributed by atoms with van der Waals surface area (Å²) in [5.41, 5.74) is 5.23. The second-order valence-electron chi connectivity index (χ2n) is 9.70. The van der Waals surface area contributed by atoms with Gasteiger partial charge in [-0.25, -0.2) is 0 Å². The maximum Gasteiger partial charge on any atom is 0.255 e. The summed E-state index contributed by atoms with van der Waals surface area (Å²) in [5.74, 6) is 0.141. The van der Waals surface area contributed by atoms with Gasteiger partial charge >= 0.3 is 0 Å². The number of likely N-dealkylation sites (tertiary alicyclic amines) is 1. The molecule has 2 aromatic rings. The zero-order valence-corrected chi connectivity index (χ0v) is 20.9. The molecule has 5 heteroatoms. The van der Waals surface area contributed by atoms with Gasteiger partial charge in [-0.2, -0.15) is 0 Å². The monoisotopic (exact) mass is 468 g/mol. The lowest BCUT2D eigenvalue weighted by Crippen LogP contribution is -2.47. The van der Waals surface area contributed by atoms with E-state index < -0.39 is 0 Å². The van der Waals surface area contributed by atoms with Crippen molar-refractivity contribution in [1.29, 1.82) is 0 Å². The van der Waals surface area contributed by atoms with Gasteiger partial charge < -0.3 is 10.2 Å². The van der Waals surface area contributed by atoms with Crippen LogP contribution in [0.5, 0.6) is 0 Å². The van der Waals surface area contributed by atoms with Gasteiger partial charge in [0, 0.05) is 37.6 Å². The number of hydrogen-bond donors (Lipinski definition) is 1. The number of piperidine rings is 1. The first kappa shape index (κ1) is 23.7. The molecule has 3 aliphatic rings. The number of rotatable bonds is 7. The topological polar surface area (TPSA) is 47.9 Å². The summed E-state index contributed by atoms with van der Waals surface area (Å²) >= 11 is 0. The standard InChI is InChI=1S/C30H36N4O/c1-3-34(4-2)30(35)26-15-10-14-25-28(24-13-8-9-16-27(24)32-29(25)26)31-23-17-19-33(20-18-23)21-22-11-6-5-7-12-22/h5-16,23,25,28,31H,3-4,17-21H2,1-2H3. The second kappa shape index (κ2) is 10.7. The van der Waals surface area contributed by atoms with E-state index in [2.05, 4.69) is 64.8 Å². The van der Waals surface area contributed by atoms with Crippen LogP contribution < -0.4 is 5.32 Å². The number of hydrogen-bond acceptors (Lipinski definition) is 4. The number of nitrogens with zero attached hydrogens (tertiary/aromatic N) is 3. The highest BCUT2D eigenvalue weighted by molar-refractivity contribution is 6.24. The molecule has 5 nitrogen and oxygen atoms in total. The van der Waals surface area contributed by atoms with Crippen LogP contribution in [0.4, 0.5) is 5.69 Å². The van der Waals surface area contributed by atoms with Crippen LogP contribution in [0.3, 0.4) is 0 Å². The fraction of sp³-hybridized carbons (Fsp3) is 0.400. The van der Waals surface area contributed by atoms with E-state index in [0.29, 0.717) is 19.1 Å². The van der Waals surface area contributed by atoms with Crippen LogP contribution in [0.1, 0.15) is 43.9 Å². The molecule has 1 saturated heterocycles. The van der Waals surface area contributed by atoms with Gasteiger partial charge in [-0.15, -0.1) is 0 Å². The second-order valence-corrected chi connectivity index (χ2v) is 9.70. The molecule has 1 aliphatic carbocycles. The van der Waals surface area contributed by atoms with Gasteiger partial charge in [0.2, 0.25) is 0 Å². The minimum absolute atomic E-state index is 0.0618. The van der Waals surface area contributed by atoms with Crippen LogP contribution in [0.2, 0.25) is 0 Å². The van der Waals surface area contributed by atoms with Gasteiger partial charge in [0.1, 0.15) is 0 Å². The minimum Gasteiger partial charge on any atom is -0.339 e. The minimum atomic E-state index is 0.0618. The summed E-state index contributed by atoms with van der Waals surface area (Å²) in [5, 5.41) is 4.00. The van der Waals surface area contributed by atoms with Crippen molar-refractivity contribution in [3.63, 3.8) is 0 Å². The largest absolute Gasteiger partial charge is 0.339 e. The van der Waals surface area contributed by atoms with E-state index in [0.717, 1.165) is 49.4 Å². The van der Waals surface area contributed by atoms with Crippen molar-refractivity contribution in [3.05, 3.63) is 89.5 Å². The highest BCUT2D eigenvalue weighted by Gasteiger charge is 2.38. The SMILES string of the molecule is CCN(CC)C(=O)C1=CC=CC2C1=Nc1ccccc1C2NC1CCN(Cc2ccccc2)CC1. The van der Waals surface area contributed by atoms with Crippen LogP contribution in [0, 0.1) is 5.92 Å². The molecule has 1 N–H and O–H groups in total. The number of allylic oxidation sites excluding steroid dienone is 2. The molecule has 2 atom stereocenters. The maximum absolute atomic E-state index is 13.3. The number of carbonyl (C=O) groups excluding carboxylic acids is 1. The number of para-hydroxylation sites is 1. The third kappa shape index (κ3) is 5.02. The van der Waals surface area contributed by atoms with E-state index in [1.165, 1.54) is 11.1 Å². The Hall–Kier alpha value is -3.02. The maximum atomic E-state index is 13.3. The summed E-state index contributed by atoms with van der Waals surface area (Å²) in [4.78, 5) is 22.8. The van der Waals surface area contributed by atoms with Crippen LogP contribution in [0.15, 0.2) is 83.4 Å². The Balaban J connectivity index is 1.33. The number of carbonyl (C=O) groups is 1. The van der Waals surface area contributed by atoms with Crippen molar-refractivity contribution in [2.45, 2.75) is 45.3 Å². The number of amides is 1. The molecule has 5 rings (SSSR count). The molecular weight excluding hydrogens is 432 g/mol. The number of fused-ring (bicyclic) bond motifs is 2. The zero-order chi connectivity index (χ0) is 24.2. The Morgan fingerprint density at radius 3 is 2.49 bits per heavy atom. The number of benzene rings is 2. The first-order valence-corrected chi connectivity index (χ1v) is 13.1. The molecule has 0 bridgehead atoms. The Morgan fingerprint density at radius 2 is 1.74 bits per heavy atom. The summed E-state index contributed by atoms with van der Waals surface area (Å²) in [6.07, 6.45) is 8.45. The van der Waals surface area contributed by atoms with Gasteiger partial charge in [-0.05, 0) is 63.0 Å². The highest BCUT2D eigenvalue weighted by Crippen LogP contribution is 2.41. The van der Waals surface area contributed by atoms with Crippen molar-refractivity contribution in [2.75, 3.05) is 26.2 Å². The summed E-state index contributed by atoms with van der Waals surface area (Å²) < 4.78 is 0. The lowest BCUT2D eigenvalue weighted by atomic mass is 9.79. The normalized spacial score (nSPS) is 22.1. The molecule has 1 fully saturated rings. The van der Waals surface area contributed by atoms with E-state index in [1.54, 1.807) is 0 Å². The quantitative estimate of drug-likeness (QED) is 0.619. The molecule has 0 radical (unpaired) electrons. The van der Waals surface area contributed by atoms with E-state index in [-0.39, 0.29) is 17.9 Å². The third-order valence-corrected chi connectivity index (χ3v) is 7.58. The summed E-state index contributed by atoms with van der Waals surface area (Å²) in [6.45, 7) is 8.67. The Kier molecular flexibility index (Phi) is 7.26. The fourth-order valence-corrected chi connectivity index (χ4v) is 5.62. The first-order valence-electron chi connectivity index (χ1n) is 13.1. The zero-order valence-electron chi connectivity index (χ0n) is 20.9. The summed E-state index contributed by atoms with van der Waals surface area (Å²) in [6, 6.07) is 19.7. The van der Waals surface area contributed by atoms with Gasteiger partial charge in [0.25, 0.3) is 5.91 Å². The molecule has 35 heavy (non-hydrogen) atoms. The Labute approximate surface area is 209 Å². The molecule has 182 valence electrons. The van der Waals surface area contributed by atoms with E-state index in [9.17, 15) is 4.79 Å². The van der Waals surface area contributed by atoms with Crippen LogP contribution in [-0.4, -0.2) is 53.6 Å². The number of likely N-dealkylation sites (N-methyl/N-ethyl adjacent to an activating group) is 1. The lowest BCUT2D eigenvalue weighted by molar-refractivity contribution is -0.126. The average molecular weight is 469 g/mol. The highest BCUT2D eigenvalue weighted by atomic mass is 16.2. The van der Waals surface area contributed by atoms with Gasteiger partial charge in [-0.1, -0.05) is 60.7 Å². The smallest absolute Gasteiger partial charge is 0.255 e. The molecule has 0 aromatic heterocycles. The van der Waals surface area contributed by atoms with Gasteiger partial charge in [-0.3, -0.25) is 14.7 Å². The fourth-order valence-electron chi connectivity index (χ4n) is 5.62. The van der Waals surface area contributed by atoms with Crippen molar-refractivity contribution in [1.82, 2.24) is 15.1 Å². The van der Waals surface area contributed by atoms with Gasteiger partial charge in [0.05, 0.1) is 17.0 Å². The molecule has 0 saturated carbocycles. The number of aliphatic imine (C=N–C) groups is 1. The van der Waals surface area contributed by atoms with Crippen LogP contribution >= 0.6 is 0 Å². The molecule has 2 aliphatic heterocycles. The molecule has 1 amide bonds. The van der Waals surface area contributed by atoms with E-state index in [4.69, 9.17) is 4.99 Å². The summed E-state index contributed by atoms with van der Waals surface area (Å²) in [7, 11) is 0. The molecule has 2 unspecified atom stereocenters. The molecule has 2 heterocycles. The van der Waals surface area contributed by atoms with Crippen molar-refractivity contribution < 1.29 is 4.79 Å². The Morgan fingerprint density at radius 1 is 1.03 bits per heavy atom. The van der Waals surface area contributed by atoms with Crippen LogP contribution in [0.25, 0.3) is 0 Å². The van der Waals surface area contributed by atoms with Gasteiger partial charge in [0.15, 0.2) is 0 Å².